The number of nitrogens with zero attached hydrogens (tertiary/aromatic N) is 1. The normalized spacial score (nSPS) is 11.5. The van der Waals surface area contributed by atoms with Gasteiger partial charge in [0.25, 0.3) is 0 Å². The molecular weight excluding hydrogens is 354 g/mol. The van der Waals surface area contributed by atoms with E-state index in [-0.39, 0.29) is 15.5 Å². The van der Waals surface area contributed by atoms with Crippen LogP contribution in [0.2, 0.25) is 0 Å². The molecule has 3 nitrogen and oxygen atoms in total. The molecule has 1 N–H and O–H groups in total. The van der Waals surface area contributed by atoms with Gasteiger partial charge < -0.3 is 5.32 Å². The third kappa shape index (κ3) is 2.70. The number of benzene rings is 2. The monoisotopic (exact) mass is 370 g/mol. The topological polar surface area (TPSA) is 42.0 Å². The van der Waals surface area contributed by atoms with Crippen molar-refractivity contribution in [1.82, 2.24) is 4.98 Å². The zero-order valence-corrected chi connectivity index (χ0v) is 14.9. The fourth-order valence-corrected chi connectivity index (χ4v) is 4.23. The number of halogens is 2. The largest absolute Gasteiger partial charge is 0.369 e. The van der Waals surface area contributed by atoms with Crippen molar-refractivity contribution in [3.63, 3.8) is 0 Å². The summed E-state index contributed by atoms with van der Waals surface area (Å²) in [7, 11) is 0. The van der Waals surface area contributed by atoms with Gasteiger partial charge in [-0.05, 0) is 18.6 Å². The Balaban J connectivity index is 2.15. The van der Waals surface area contributed by atoms with Crippen molar-refractivity contribution in [3.8, 4) is 0 Å². The molecule has 4 aromatic rings. The summed E-state index contributed by atoms with van der Waals surface area (Å²) in [4.78, 5) is 17.7. The highest BCUT2D eigenvalue weighted by molar-refractivity contribution is 7.25. The van der Waals surface area contributed by atoms with Crippen molar-refractivity contribution in [2.75, 3.05) is 11.9 Å². The highest BCUT2D eigenvalue weighted by Crippen LogP contribution is 2.35. The molecule has 0 unspecified atom stereocenters. The summed E-state index contributed by atoms with van der Waals surface area (Å²) < 4.78 is 28.7. The van der Waals surface area contributed by atoms with Crippen LogP contribution in [0.4, 0.5) is 14.6 Å². The second kappa shape index (κ2) is 6.61. The van der Waals surface area contributed by atoms with Gasteiger partial charge in [0.05, 0.1) is 20.3 Å². The number of anilines is 1. The van der Waals surface area contributed by atoms with Crippen molar-refractivity contribution in [2.45, 2.75) is 19.8 Å². The summed E-state index contributed by atoms with van der Waals surface area (Å²) in [5.41, 5.74) is 0.309. The van der Waals surface area contributed by atoms with Crippen LogP contribution in [0.5, 0.6) is 0 Å². The van der Waals surface area contributed by atoms with Gasteiger partial charge >= 0.3 is 0 Å². The molecule has 132 valence electrons. The minimum atomic E-state index is -0.752. The first-order valence-electron chi connectivity index (χ1n) is 8.48. The Labute approximate surface area is 152 Å². The molecular formula is C20H16F2N2OS. The zero-order valence-electron chi connectivity index (χ0n) is 14.1. The number of para-hydroxylation sites is 1. The van der Waals surface area contributed by atoms with E-state index in [0.29, 0.717) is 33.4 Å². The van der Waals surface area contributed by atoms with Crippen LogP contribution >= 0.6 is 11.3 Å². The predicted octanol–water partition coefficient (Wildman–Crippen LogP) is 5.45. The molecule has 0 atom stereocenters. The molecule has 2 heterocycles. The lowest BCUT2D eigenvalue weighted by atomic mass is 10.1. The van der Waals surface area contributed by atoms with E-state index in [1.165, 1.54) is 0 Å². The van der Waals surface area contributed by atoms with Crippen molar-refractivity contribution < 1.29 is 8.78 Å². The molecule has 0 saturated carbocycles. The zero-order chi connectivity index (χ0) is 18.3. The summed E-state index contributed by atoms with van der Waals surface area (Å²) in [5.74, 6) is -0.908. The smallest absolute Gasteiger partial charge is 0.196 e. The number of hydrogen-bond donors (Lipinski definition) is 1. The summed E-state index contributed by atoms with van der Waals surface area (Å²) in [6.07, 6.45) is 1.98. The van der Waals surface area contributed by atoms with E-state index in [1.807, 2.05) is 24.3 Å². The van der Waals surface area contributed by atoms with Gasteiger partial charge in [-0.1, -0.05) is 31.5 Å². The first kappa shape index (κ1) is 16.8. The van der Waals surface area contributed by atoms with Crippen LogP contribution < -0.4 is 10.7 Å². The van der Waals surface area contributed by atoms with Gasteiger partial charge in [0, 0.05) is 23.4 Å². The maximum Gasteiger partial charge on any atom is 0.196 e. The van der Waals surface area contributed by atoms with Crippen LogP contribution in [-0.4, -0.2) is 11.5 Å². The second-order valence-electron chi connectivity index (χ2n) is 6.16. The van der Waals surface area contributed by atoms with Gasteiger partial charge in [0.1, 0.15) is 17.5 Å². The molecule has 0 bridgehead atoms. The Morgan fingerprint density at radius 1 is 1.12 bits per heavy atom. The summed E-state index contributed by atoms with van der Waals surface area (Å²) >= 11 is 1.13. The average molecular weight is 370 g/mol. The lowest BCUT2D eigenvalue weighted by Crippen LogP contribution is -2.08. The van der Waals surface area contributed by atoms with Gasteiger partial charge in [-0.3, -0.25) is 4.79 Å². The molecule has 0 fully saturated rings. The van der Waals surface area contributed by atoms with E-state index in [4.69, 9.17) is 0 Å². The molecule has 0 saturated heterocycles. The fraction of sp³-hybridized carbons (Fsp3) is 0.200. The third-order valence-corrected chi connectivity index (χ3v) is 5.58. The van der Waals surface area contributed by atoms with Crippen LogP contribution in [0.15, 0.2) is 41.2 Å². The second-order valence-corrected chi connectivity index (χ2v) is 7.18. The van der Waals surface area contributed by atoms with Crippen molar-refractivity contribution >= 4 is 48.2 Å². The van der Waals surface area contributed by atoms with E-state index in [0.717, 1.165) is 36.3 Å². The maximum atomic E-state index is 14.3. The fourth-order valence-electron chi connectivity index (χ4n) is 3.09. The number of rotatable bonds is 4. The number of nitrogens with one attached hydrogen (secondary N) is 1. The van der Waals surface area contributed by atoms with Crippen molar-refractivity contribution in [1.29, 1.82) is 0 Å². The van der Waals surface area contributed by atoms with Crippen LogP contribution in [0.3, 0.4) is 0 Å². The van der Waals surface area contributed by atoms with Gasteiger partial charge in [-0.15, -0.1) is 11.3 Å². The minimum Gasteiger partial charge on any atom is -0.369 e. The average Bonchev–Trinajstić information content (AvgIpc) is 2.63. The number of fused-ring (bicyclic) bond motifs is 4. The third-order valence-electron chi connectivity index (χ3n) is 4.35. The number of unbranched alkanes of at least 4 members (excludes halogenated alkanes) is 1. The van der Waals surface area contributed by atoms with E-state index < -0.39 is 11.6 Å². The molecule has 6 heteroatoms. The standard InChI is InChI=1S/C20H16F2N2OS/c1-2-3-8-23-20-19-16(12-6-4-5-7-15(12)24-20)17(25)13-9-11(21)10-14(22)18(13)26-19/h4-7,9-10H,2-3,8H2,1H3,(H,23,24). The van der Waals surface area contributed by atoms with Crippen LogP contribution in [0.1, 0.15) is 19.8 Å². The molecule has 26 heavy (non-hydrogen) atoms. The summed E-state index contributed by atoms with van der Waals surface area (Å²) in [6, 6.07) is 9.24. The molecule has 2 aromatic carbocycles. The van der Waals surface area contributed by atoms with Crippen molar-refractivity contribution in [3.05, 3.63) is 58.3 Å². The molecule has 0 aliphatic rings. The van der Waals surface area contributed by atoms with E-state index in [1.54, 1.807) is 0 Å². The predicted molar refractivity (Wildman–Crippen MR) is 104 cm³/mol. The first-order chi connectivity index (χ1) is 12.6. The van der Waals surface area contributed by atoms with Crippen LogP contribution in [0, 0.1) is 11.6 Å². The number of hydrogen-bond acceptors (Lipinski definition) is 4. The highest BCUT2D eigenvalue weighted by Gasteiger charge is 2.17. The van der Waals surface area contributed by atoms with Crippen molar-refractivity contribution in [2.24, 2.45) is 0 Å². The molecule has 0 radical (unpaired) electrons. The molecule has 2 aromatic heterocycles. The quantitative estimate of drug-likeness (QED) is 0.295. The first-order valence-corrected chi connectivity index (χ1v) is 9.30. The van der Waals surface area contributed by atoms with E-state index >= 15 is 0 Å². The summed E-state index contributed by atoms with van der Waals surface area (Å²) in [5, 5.41) is 4.48. The van der Waals surface area contributed by atoms with E-state index in [2.05, 4.69) is 17.2 Å². The number of aromatic nitrogens is 1. The maximum absolute atomic E-state index is 14.3. The molecule has 0 spiro atoms. The Kier molecular flexibility index (Phi) is 4.28. The minimum absolute atomic E-state index is 0.0656. The van der Waals surface area contributed by atoms with Gasteiger partial charge in [-0.25, -0.2) is 13.8 Å². The van der Waals surface area contributed by atoms with Crippen LogP contribution in [0.25, 0.3) is 31.1 Å². The van der Waals surface area contributed by atoms with Gasteiger partial charge in [0.2, 0.25) is 0 Å². The Morgan fingerprint density at radius 2 is 1.92 bits per heavy atom. The lowest BCUT2D eigenvalue weighted by molar-refractivity contribution is 0.593. The molecule has 4 rings (SSSR count). The number of pyridine rings is 1. The Bertz CT molecular complexity index is 1200. The lowest BCUT2D eigenvalue weighted by Gasteiger charge is -2.12. The summed E-state index contributed by atoms with van der Waals surface area (Å²) in [6.45, 7) is 2.80. The molecule has 0 aliphatic heterocycles. The van der Waals surface area contributed by atoms with E-state index in [9.17, 15) is 13.6 Å². The molecule has 0 aliphatic carbocycles. The van der Waals surface area contributed by atoms with Crippen LogP contribution in [-0.2, 0) is 0 Å². The highest BCUT2D eigenvalue weighted by atomic mass is 32.1. The van der Waals surface area contributed by atoms with Gasteiger partial charge in [0.15, 0.2) is 5.43 Å². The molecule has 0 amide bonds. The Morgan fingerprint density at radius 3 is 2.73 bits per heavy atom. The Hall–Kier alpha value is -2.60. The van der Waals surface area contributed by atoms with Gasteiger partial charge in [-0.2, -0.15) is 0 Å². The SMILES string of the molecule is CCCCNc1nc2ccccc2c2c(=O)c3cc(F)cc(F)c3sc12.